The maximum absolute atomic E-state index is 12.0. The molecule has 2 aliphatic rings. The van der Waals surface area contributed by atoms with Gasteiger partial charge in [-0.25, -0.2) is 9.59 Å². The van der Waals surface area contributed by atoms with Gasteiger partial charge < -0.3 is 14.7 Å². The first-order valence-corrected chi connectivity index (χ1v) is 9.04. The van der Waals surface area contributed by atoms with Crippen molar-refractivity contribution in [1.29, 1.82) is 0 Å². The number of carbonyl (C=O) groups is 3. The van der Waals surface area contributed by atoms with Gasteiger partial charge in [-0.1, -0.05) is 0 Å². The van der Waals surface area contributed by atoms with Crippen LogP contribution in [0.3, 0.4) is 0 Å². The molecular formula is C13H16Cl2N2O5S. The molecule has 0 aromatic heterocycles. The predicted octanol–water partition coefficient (Wildman–Crippen LogP) is 1.55. The summed E-state index contributed by atoms with van der Waals surface area (Å²) in [6.07, 6.45) is -0.265. The number of aliphatic carboxylic acids is 1. The average Bonchev–Trinajstić information content (AvgIpc) is 2.51. The monoisotopic (exact) mass is 382 g/mol. The van der Waals surface area contributed by atoms with Gasteiger partial charge in [0.2, 0.25) is 5.91 Å². The summed E-state index contributed by atoms with van der Waals surface area (Å²) in [6, 6.07) is 0. The smallest absolute Gasteiger partial charge is 0.410 e. The highest BCUT2D eigenvalue weighted by Gasteiger charge is 2.45. The van der Waals surface area contributed by atoms with Gasteiger partial charge in [0.1, 0.15) is 12.3 Å². The van der Waals surface area contributed by atoms with Crippen molar-refractivity contribution in [1.82, 2.24) is 9.80 Å². The fourth-order valence-electron chi connectivity index (χ4n) is 2.33. The Kier molecular flexibility index (Phi) is 6.43. The normalized spacial score (nSPS) is 20.0. The van der Waals surface area contributed by atoms with Gasteiger partial charge >= 0.3 is 12.1 Å². The van der Waals surface area contributed by atoms with E-state index in [1.54, 1.807) is 0 Å². The minimum absolute atomic E-state index is 0.0703. The zero-order chi connectivity index (χ0) is 17.0. The second-order valence-electron chi connectivity index (χ2n) is 4.91. The number of rotatable bonds is 7. The van der Waals surface area contributed by atoms with Crippen LogP contribution in [-0.4, -0.2) is 75.5 Å². The molecule has 0 unspecified atom stereocenters. The molecule has 2 rings (SSSR count). The Morgan fingerprint density at radius 3 is 2.52 bits per heavy atom. The molecule has 2 heterocycles. The molecule has 2 amide bonds. The molecule has 0 aliphatic carbocycles. The number of amides is 2. The van der Waals surface area contributed by atoms with Crippen molar-refractivity contribution in [3.8, 4) is 0 Å². The number of β-lactam (4-membered cyclic amide) rings is 1. The molecular weight excluding hydrogens is 367 g/mol. The first-order chi connectivity index (χ1) is 11.0. The van der Waals surface area contributed by atoms with Crippen LogP contribution in [0.5, 0.6) is 0 Å². The van der Waals surface area contributed by atoms with E-state index in [-0.39, 0.29) is 35.3 Å². The number of halogens is 2. The third-order valence-electron chi connectivity index (χ3n) is 3.47. The Bertz CT molecular complexity index is 536. The van der Waals surface area contributed by atoms with Crippen LogP contribution >= 0.6 is 35.0 Å². The molecule has 1 N–H and O–H groups in total. The van der Waals surface area contributed by atoms with Crippen LogP contribution in [0.15, 0.2) is 11.3 Å². The van der Waals surface area contributed by atoms with Crippen molar-refractivity contribution in [2.45, 2.75) is 11.8 Å². The summed E-state index contributed by atoms with van der Waals surface area (Å²) in [6.45, 7) is 0.407. The van der Waals surface area contributed by atoms with Gasteiger partial charge in [-0.3, -0.25) is 9.69 Å². The van der Waals surface area contributed by atoms with Crippen LogP contribution < -0.4 is 0 Å². The third-order valence-corrected chi connectivity index (χ3v) is 5.09. The maximum atomic E-state index is 12.0. The number of ether oxygens (including phenoxy) is 1. The van der Waals surface area contributed by atoms with Gasteiger partial charge in [0, 0.05) is 36.2 Å². The quantitative estimate of drug-likeness (QED) is 0.530. The number of hydrogen-bond donors (Lipinski definition) is 1. The lowest BCUT2D eigenvalue weighted by molar-refractivity contribution is -0.146. The lowest BCUT2D eigenvalue weighted by Gasteiger charge is -2.43. The summed E-state index contributed by atoms with van der Waals surface area (Å²) < 4.78 is 5.17. The van der Waals surface area contributed by atoms with Gasteiger partial charge in [0.25, 0.3) is 0 Å². The van der Waals surface area contributed by atoms with E-state index in [4.69, 9.17) is 27.9 Å². The number of nitrogens with zero attached hydrogens (tertiary/aromatic N) is 2. The number of alkyl halides is 2. The summed E-state index contributed by atoms with van der Waals surface area (Å²) in [7, 11) is 0. The topological polar surface area (TPSA) is 87.1 Å². The SMILES string of the molecule is O=C(O)C1=C(COC(=O)N(CCCl)CCCl)CS[C@@H]2CC(=O)N12. The lowest BCUT2D eigenvalue weighted by atomic mass is 10.1. The van der Waals surface area contributed by atoms with E-state index in [9.17, 15) is 19.5 Å². The molecule has 10 heteroatoms. The van der Waals surface area contributed by atoms with Crippen LogP contribution in [0.2, 0.25) is 0 Å². The van der Waals surface area contributed by atoms with E-state index >= 15 is 0 Å². The van der Waals surface area contributed by atoms with E-state index in [1.165, 1.54) is 21.6 Å². The van der Waals surface area contributed by atoms with Crippen molar-refractivity contribution in [3.63, 3.8) is 0 Å². The summed E-state index contributed by atoms with van der Waals surface area (Å²) in [5.41, 5.74) is 0.343. The van der Waals surface area contributed by atoms with Crippen LogP contribution in [0.25, 0.3) is 0 Å². The van der Waals surface area contributed by atoms with Crippen molar-refractivity contribution < 1.29 is 24.2 Å². The van der Waals surface area contributed by atoms with Crippen molar-refractivity contribution in [2.24, 2.45) is 0 Å². The fraction of sp³-hybridized carbons (Fsp3) is 0.615. The first-order valence-electron chi connectivity index (χ1n) is 6.92. The summed E-state index contributed by atoms with van der Waals surface area (Å²) in [4.78, 5) is 37.7. The standard InChI is InChI=1S/C13H16Cl2N2O5S/c14-1-3-16(4-2-15)13(21)22-6-8-7-23-10-5-9(18)17(10)11(8)12(19)20/h10H,1-7H2,(H,19,20)/t10-/m1/s1. The number of carboxylic acids is 1. The highest BCUT2D eigenvalue weighted by molar-refractivity contribution is 8.00. The van der Waals surface area contributed by atoms with E-state index < -0.39 is 12.1 Å². The Morgan fingerprint density at radius 1 is 1.35 bits per heavy atom. The summed E-state index contributed by atoms with van der Waals surface area (Å²) >= 11 is 12.7. The predicted molar refractivity (Wildman–Crippen MR) is 86.7 cm³/mol. The maximum Gasteiger partial charge on any atom is 0.410 e. The molecule has 0 radical (unpaired) electrons. The molecule has 1 saturated heterocycles. The molecule has 0 aromatic carbocycles. The van der Waals surface area contributed by atoms with Gasteiger partial charge in [-0.05, 0) is 0 Å². The van der Waals surface area contributed by atoms with Gasteiger partial charge in [0.15, 0.2) is 0 Å². The molecule has 1 fully saturated rings. The van der Waals surface area contributed by atoms with Crippen LogP contribution in [0, 0.1) is 0 Å². The Labute approximate surface area is 147 Å². The zero-order valence-corrected chi connectivity index (χ0v) is 14.5. The Hall–Kier alpha value is -1.12. The molecule has 7 nitrogen and oxygen atoms in total. The summed E-state index contributed by atoms with van der Waals surface area (Å²) in [5.74, 6) is -0.514. The van der Waals surface area contributed by atoms with Gasteiger partial charge in [-0.2, -0.15) is 0 Å². The Balaban J connectivity index is 2.05. The number of fused-ring (bicyclic) bond motifs is 1. The lowest BCUT2D eigenvalue weighted by Crippen LogP contribution is -2.54. The molecule has 0 bridgehead atoms. The molecule has 0 spiro atoms. The van der Waals surface area contributed by atoms with Gasteiger partial charge in [-0.15, -0.1) is 35.0 Å². The van der Waals surface area contributed by atoms with E-state index in [0.29, 0.717) is 30.8 Å². The molecule has 2 aliphatic heterocycles. The van der Waals surface area contributed by atoms with Crippen LogP contribution in [0.1, 0.15) is 6.42 Å². The molecule has 1 atom stereocenters. The number of thioether (sulfide) groups is 1. The highest BCUT2D eigenvalue weighted by atomic mass is 35.5. The first kappa shape index (κ1) is 18.2. The number of carbonyl (C=O) groups excluding carboxylic acids is 2. The molecule has 0 saturated carbocycles. The second-order valence-corrected chi connectivity index (χ2v) is 6.83. The number of hydrogen-bond acceptors (Lipinski definition) is 5. The van der Waals surface area contributed by atoms with Gasteiger partial charge in [0.05, 0.1) is 11.8 Å². The third kappa shape index (κ3) is 4.05. The summed E-state index contributed by atoms with van der Waals surface area (Å²) in [5, 5.41) is 9.22. The van der Waals surface area contributed by atoms with Crippen molar-refractivity contribution in [3.05, 3.63) is 11.3 Å². The van der Waals surface area contributed by atoms with E-state index in [0.717, 1.165) is 0 Å². The largest absolute Gasteiger partial charge is 0.477 e. The number of carboxylic acid groups (broad SMARTS) is 1. The van der Waals surface area contributed by atoms with Crippen molar-refractivity contribution in [2.75, 3.05) is 37.2 Å². The van der Waals surface area contributed by atoms with E-state index in [1.807, 2.05) is 0 Å². The minimum atomic E-state index is -1.19. The second kappa shape index (κ2) is 8.12. The van der Waals surface area contributed by atoms with E-state index in [2.05, 4.69) is 0 Å². The fourth-order valence-corrected chi connectivity index (χ4v) is 3.98. The zero-order valence-electron chi connectivity index (χ0n) is 12.2. The van der Waals surface area contributed by atoms with Crippen LogP contribution in [0.4, 0.5) is 4.79 Å². The molecule has 23 heavy (non-hydrogen) atoms. The minimum Gasteiger partial charge on any atom is -0.477 e. The molecule has 0 aromatic rings. The highest BCUT2D eigenvalue weighted by Crippen LogP contribution is 2.39. The average molecular weight is 383 g/mol. The Morgan fingerprint density at radius 2 is 2.00 bits per heavy atom. The van der Waals surface area contributed by atoms with Crippen LogP contribution in [-0.2, 0) is 14.3 Å². The molecule has 128 valence electrons. The van der Waals surface area contributed by atoms with Crippen molar-refractivity contribution >= 4 is 52.9 Å².